The van der Waals surface area contributed by atoms with Crippen LogP contribution in [0.1, 0.15) is 6.42 Å². The highest BCUT2D eigenvalue weighted by atomic mass is 16.5. The minimum atomic E-state index is -0.191. The lowest BCUT2D eigenvalue weighted by Gasteiger charge is -2.16. The number of nitrogens with one attached hydrogen (secondary N) is 3. The van der Waals surface area contributed by atoms with Gasteiger partial charge in [-0.1, -0.05) is 6.08 Å². The Morgan fingerprint density at radius 1 is 1.43 bits per heavy atom. The van der Waals surface area contributed by atoms with E-state index in [-0.39, 0.29) is 17.5 Å². The van der Waals surface area contributed by atoms with Crippen molar-refractivity contribution in [1.29, 1.82) is 0 Å². The van der Waals surface area contributed by atoms with Gasteiger partial charge in [0, 0.05) is 55.8 Å². The maximum absolute atomic E-state index is 12.2. The number of ether oxygens (including phenoxy) is 1. The molecule has 0 aromatic carbocycles. The van der Waals surface area contributed by atoms with Crippen LogP contribution in [0.15, 0.2) is 47.5 Å². The number of H-pyrrole nitrogens is 1. The summed E-state index contributed by atoms with van der Waals surface area (Å²) in [6, 6.07) is 5.51. The molecule has 28 heavy (non-hydrogen) atoms. The average molecular weight is 383 g/mol. The molecule has 1 fully saturated rings. The maximum Gasteiger partial charge on any atom is 0.271 e. The summed E-state index contributed by atoms with van der Waals surface area (Å²) in [5, 5.41) is 6.25. The molecule has 3 heterocycles. The highest BCUT2D eigenvalue weighted by Crippen LogP contribution is 2.23. The summed E-state index contributed by atoms with van der Waals surface area (Å²) in [6.07, 6.45) is 7.51. The molecule has 0 saturated carbocycles. The van der Waals surface area contributed by atoms with Crippen LogP contribution in [0, 0.1) is 0 Å². The molecule has 0 radical (unpaired) electrons. The Morgan fingerprint density at radius 3 is 3.07 bits per heavy atom. The van der Waals surface area contributed by atoms with Gasteiger partial charge < -0.3 is 25.3 Å². The summed E-state index contributed by atoms with van der Waals surface area (Å²) in [5.41, 5.74) is 2.04. The zero-order valence-electron chi connectivity index (χ0n) is 16.1. The van der Waals surface area contributed by atoms with E-state index in [1.54, 1.807) is 36.6 Å². The summed E-state index contributed by atoms with van der Waals surface area (Å²) in [6.45, 7) is 1.89. The molecule has 1 unspecified atom stereocenters. The van der Waals surface area contributed by atoms with E-state index in [2.05, 4.69) is 20.6 Å². The van der Waals surface area contributed by atoms with Gasteiger partial charge in [0.15, 0.2) is 0 Å². The first-order valence-electron chi connectivity index (χ1n) is 9.20. The van der Waals surface area contributed by atoms with Crippen LogP contribution in [0.3, 0.4) is 0 Å². The quantitative estimate of drug-likeness (QED) is 0.622. The van der Waals surface area contributed by atoms with Crippen LogP contribution in [0.4, 0.5) is 5.69 Å². The molecular weight excluding hydrogens is 358 g/mol. The van der Waals surface area contributed by atoms with Gasteiger partial charge in [0.25, 0.3) is 5.56 Å². The van der Waals surface area contributed by atoms with Crippen LogP contribution in [0.25, 0.3) is 11.1 Å². The average Bonchev–Trinajstić information content (AvgIpc) is 3.18. The summed E-state index contributed by atoms with van der Waals surface area (Å²) < 4.78 is 5.16. The fourth-order valence-corrected chi connectivity index (χ4v) is 3.14. The van der Waals surface area contributed by atoms with Crippen LogP contribution in [0.2, 0.25) is 0 Å². The van der Waals surface area contributed by atoms with Gasteiger partial charge in [0.2, 0.25) is 11.8 Å². The van der Waals surface area contributed by atoms with E-state index in [1.165, 1.54) is 0 Å². The molecule has 0 spiro atoms. The molecule has 8 heteroatoms. The second kappa shape index (κ2) is 9.18. The number of likely N-dealkylation sites (N-methyl/N-ethyl adjacent to an activating group) is 1. The van der Waals surface area contributed by atoms with Gasteiger partial charge in [-0.25, -0.2) is 4.98 Å². The smallest absolute Gasteiger partial charge is 0.271 e. The molecule has 3 rings (SSSR count). The predicted molar refractivity (Wildman–Crippen MR) is 109 cm³/mol. The van der Waals surface area contributed by atoms with Crippen molar-refractivity contribution in [2.45, 2.75) is 12.5 Å². The molecule has 1 saturated heterocycles. The number of hydrogen-bond acceptors (Lipinski definition) is 6. The lowest BCUT2D eigenvalue weighted by molar-refractivity contribution is -0.125. The Hall–Kier alpha value is -3.13. The van der Waals surface area contributed by atoms with E-state index in [4.69, 9.17) is 4.74 Å². The van der Waals surface area contributed by atoms with Gasteiger partial charge >= 0.3 is 0 Å². The van der Waals surface area contributed by atoms with Crippen molar-refractivity contribution in [2.75, 3.05) is 39.1 Å². The minimum absolute atomic E-state index is 0.00825. The van der Waals surface area contributed by atoms with E-state index in [1.807, 2.05) is 25.2 Å². The van der Waals surface area contributed by atoms with Gasteiger partial charge in [0.1, 0.15) is 5.69 Å². The molecule has 3 N–H and O–H groups in total. The molecule has 148 valence electrons. The monoisotopic (exact) mass is 383 g/mol. The van der Waals surface area contributed by atoms with Crippen molar-refractivity contribution in [1.82, 2.24) is 20.2 Å². The van der Waals surface area contributed by atoms with Gasteiger partial charge in [-0.05, 0) is 31.2 Å². The van der Waals surface area contributed by atoms with Gasteiger partial charge in [-0.15, -0.1) is 0 Å². The topological polar surface area (TPSA) is 99.3 Å². The van der Waals surface area contributed by atoms with E-state index in [0.29, 0.717) is 31.2 Å². The Morgan fingerprint density at radius 2 is 2.29 bits per heavy atom. The first-order valence-corrected chi connectivity index (χ1v) is 9.20. The van der Waals surface area contributed by atoms with E-state index >= 15 is 0 Å². The Kier molecular flexibility index (Phi) is 6.44. The van der Waals surface area contributed by atoms with Crippen molar-refractivity contribution in [3.63, 3.8) is 0 Å². The first-order chi connectivity index (χ1) is 13.6. The van der Waals surface area contributed by atoms with Crippen LogP contribution < -0.4 is 20.9 Å². The Bertz CT molecular complexity index is 909. The Balaban J connectivity index is 1.69. The van der Waals surface area contributed by atoms with Gasteiger partial charge in [-0.3, -0.25) is 9.59 Å². The van der Waals surface area contributed by atoms with Crippen molar-refractivity contribution in [2.24, 2.45) is 0 Å². The molecule has 0 bridgehead atoms. The highest BCUT2D eigenvalue weighted by Gasteiger charge is 2.25. The number of anilines is 1. The second-order valence-electron chi connectivity index (χ2n) is 6.59. The summed E-state index contributed by atoms with van der Waals surface area (Å²) in [7, 11) is 3.39. The van der Waals surface area contributed by atoms with Crippen LogP contribution in [0.5, 0.6) is 5.88 Å². The number of carbonyl (C=O) groups is 1. The summed E-state index contributed by atoms with van der Waals surface area (Å²) >= 11 is 0. The molecule has 1 aliphatic heterocycles. The predicted octanol–water partition coefficient (Wildman–Crippen LogP) is 1.23. The zero-order valence-corrected chi connectivity index (χ0v) is 16.1. The standard InChI is InChI=1S/C20H25N5O3/c1-21-7-3-4-19(26)25-9-6-16(13-25)24-17-10-15(12-23-20(17)27)14-5-8-22-18(11-14)28-2/h3-5,8,10-12,16,21,24H,6-7,9,13H2,1-2H3,(H,23,27)/b4-3+. The lowest BCUT2D eigenvalue weighted by atomic mass is 10.1. The molecular formula is C20H25N5O3. The Labute approximate surface area is 163 Å². The molecule has 1 amide bonds. The van der Waals surface area contributed by atoms with Crippen LogP contribution in [-0.4, -0.2) is 60.6 Å². The number of likely N-dealkylation sites (tertiary alicyclic amines) is 1. The number of carbonyl (C=O) groups excluding carboxylic acids is 1. The maximum atomic E-state index is 12.2. The van der Waals surface area contributed by atoms with Crippen molar-refractivity contribution in [3.8, 4) is 17.0 Å². The molecule has 2 aromatic heterocycles. The third-order valence-electron chi connectivity index (χ3n) is 4.62. The van der Waals surface area contributed by atoms with Crippen molar-refractivity contribution < 1.29 is 9.53 Å². The highest BCUT2D eigenvalue weighted by molar-refractivity contribution is 5.87. The van der Waals surface area contributed by atoms with E-state index < -0.39 is 0 Å². The second-order valence-corrected chi connectivity index (χ2v) is 6.59. The number of methoxy groups -OCH3 is 1. The number of amides is 1. The van der Waals surface area contributed by atoms with Crippen LogP contribution >= 0.6 is 0 Å². The van der Waals surface area contributed by atoms with Crippen molar-refractivity contribution in [3.05, 3.63) is 53.1 Å². The normalized spacial score (nSPS) is 16.5. The number of nitrogens with zero attached hydrogens (tertiary/aromatic N) is 2. The minimum Gasteiger partial charge on any atom is -0.481 e. The molecule has 1 atom stereocenters. The fourth-order valence-electron chi connectivity index (χ4n) is 3.14. The van der Waals surface area contributed by atoms with Gasteiger partial charge in [-0.2, -0.15) is 0 Å². The molecule has 0 aliphatic carbocycles. The van der Waals surface area contributed by atoms with E-state index in [0.717, 1.165) is 17.5 Å². The summed E-state index contributed by atoms with van der Waals surface area (Å²) in [4.78, 5) is 33.1. The number of aromatic amines is 1. The number of hydrogen-bond donors (Lipinski definition) is 3. The molecule has 2 aromatic rings. The lowest BCUT2D eigenvalue weighted by Crippen LogP contribution is -2.31. The fraction of sp³-hybridized carbons (Fsp3) is 0.350. The van der Waals surface area contributed by atoms with Crippen LogP contribution in [-0.2, 0) is 4.79 Å². The third-order valence-corrected chi connectivity index (χ3v) is 4.62. The number of aromatic nitrogens is 2. The van der Waals surface area contributed by atoms with Gasteiger partial charge in [0.05, 0.1) is 7.11 Å². The zero-order chi connectivity index (χ0) is 19.9. The third kappa shape index (κ3) is 4.77. The number of pyridine rings is 2. The number of rotatable bonds is 7. The molecule has 1 aliphatic rings. The largest absolute Gasteiger partial charge is 0.481 e. The van der Waals surface area contributed by atoms with E-state index in [9.17, 15) is 9.59 Å². The molecule has 8 nitrogen and oxygen atoms in total. The SMILES string of the molecule is CNC/C=C/C(=O)N1CCC(Nc2cc(-c3ccnc(OC)c3)c[nH]c2=O)C1. The first kappa shape index (κ1) is 19.6. The van der Waals surface area contributed by atoms with Crippen molar-refractivity contribution >= 4 is 11.6 Å². The summed E-state index contributed by atoms with van der Waals surface area (Å²) in [5.74, 6) is 0.501.